The zero-order valence-electron chi connectivity index (χ0n) is 7.38. The van der Waals surface area contributed by atoms with Crippen molar-refractivity contribution in [3.8, 4) is 0 Å². The van der Waals surface area contributed by atoms with Crippen LogP contribution in [0, 0.1) is 0 Å². The Hall–Kier alpha value is -1.18. The van der Waals surface area contributed by atoms with Gasteiger partial charge in [-0.1, -0.05) is 6.58 Å². The van der Waals surface area contributed by atoms with Gasteiger partial charge in [0.05, 0.1) is 0 Å². The number of nitrogens with zero attached hydrogens (tertiary/aromatic N) is 1. The second kappa shape index (κ2) is 2.70. The SMILES string of the molecule is C=C1C=C(NC)C=CN1C1CC1. The predicted molar refractivity (Wildman–Crippen MR) is 50.3 cm³/mol. The highest BCUT2D eigenvalue weighted by Gasteiger charge is 2.28. The average Bonchev–Trinajstić information content (AvgIpc) is 2.87. The van der Waals surface area contributed by atoms with Crippen LogP contribution in [0.1, 0.15) is 12.8 Å². The zero-order chi connectivity index (χ0) is 8.55. The standard InChI is InChI=1S/C10H14N2/c1-8-7-9(11-2)5-6-12(8)10-3-4-10/h5-7,10-11H,1,3-4H2,2H3. The summed E-state index contributed by atoms with van der Waals surface area (Å²) in [5, 5.41) is 3.10. The molecule has 2 aliphatic rings. The van der Waals surface area contributed by atoms with E-state index in [9.17, 15) is 0 Å². The summed E-state index contributed by atoms with van der Waals surface area (Å²) in [7, 11) is 1.93. The average molecular weight is 162 g/mol. The molecule has 64 valence electrons. The highest BCUT2D eigenvalue weighted by molar-refractivity contribution is 5.33. The molecule has 0 unspecified atom stereocenters. The topological polar surface area (TPSA) is 15.3 Å². The second-order valence-corrected chi connectivity index (χ2v) is 3.30. The van der Waals surface area contributed by atoms with Crippen LogP contribution in [0.5, 0.6) is 0 Å². The van der Waals surface area contributed by atoms with Crippen LogP contribution < -0.4 is 5.32 Å². The first-order chi connectivity index (χ1) is 5.81. The summed E-state index contributed by atoms with van der Waals surface area (Å²) in [6, 6.07) is 0.725. The van der Waals surface area contributed by atoms with Crippen LogP contribution in [0.4, 0.5) is 0 Å². The Kier molecular flexibility index (Phi) is 1.68. The summed E-state index contributed by atoms with van der Waals surface area (Å²) >= 11 is 0. The fourth-order valence-electron chi connectivity index (χ4n) is 1.42. The maximum Gasteiger partial charge on any atom is 0.0372 e. The molecule has 12 heavy (non-hydrogen) atoms. The molecule has 1 aliphatic heterocycles. The van der Waals surface area contributed by atoms with Crippen molar-refractivity contribution in [1.82, 2.24) is 10.2 Å². The second-order valence-electron chi connectivity index (χ2n) is 3.30. The van der Waals surface area contributed by atoms with Crippen LogP contribution in [0.25, 0.3) is 0 Å². The third-order valence-electron chi connectivity index (χ3n) is 2.30. The van der Waals surface area contributed by atoms with Gasteiger partial charge in [-0.15, -0.1) is 0 Å². The Morgan fingerprint density at radius 1 is 1.58 bits per heavy atom. The van der Waals surface area contributed by atoms with Crippen LogP contribution in [-0.4, -0.2) is 18.0 Å². The van der Waals surface area contributed by atoms with Gasteiger partial charge < -0.3 is 10.2 Å². The van der Waals surface area contributed by atoms with E-state index in [4.69, 9.17) is 0 Å². The van der Waals surface area contributed by atoms with Gasteiger partial charge in [0.25, 0.3) is 0 Å². The Labute approximate surface area is 73.3 Å². The molecule has 1 aliphatic carbocycles. The fourth-order valence-corrected chi connectivity index (χ4v) is 1.42. The molecule has 0 saturated heterocycles. The van der Waals surface area contributed by atoms with Crippen molar-refractivity contribution in [3.63, 3.8) is 0 Å². The number of likely N-dealkylation sites (N-methyl/N-ethyl adjacent to an activating group) is 1. The van der Waals surface area contributed by atoms with E-state index in [0.29, 0.717) is 0 Å². The molecule has 2 nitrogen and oxygen atoms in total. The van der Waals surface area contributed by atoms with Crippen LogP contribution in [0.2, 0.25) is 0 Å². The lowest BCUT2D eigenvalue weighted by Crippen LogP contribution is -2.21. The van der Waals surface area contributed by atoms with Gasteiger partial charge in [-0.25, -0.2) is 0 Å². The van der Waals surface area contributed by atoms with Crippen molar-refractivity contribution in [3.05, 3.63) is 36.3 Å². The minimum atomic E-state index is 0.725. The minimum absolute atomic E-state index is 0.725. The molecule has 0 aromatic rings. The van der Waals surface area contributed by atoms with Crippen molar-refractivity contribution in [2.75, 3.05) is 7.05 Å². The van der Waals surface area contributed by atoms with E-state index in [1.807, 2.05) is 7.05 Å². The number of hydrogen-bond donors (Lipinski definition) is 1. The minimum Gasteiger partial charge on any atom is -0.388 e. The molecule has 2 heteroatoms. The van der Waals surface area contributed by atoms with E-state index in [2.05, 4.69) is 35.1 Å². The predicted octanol–water partition coefficient (Wildman–Crippen LogP) is 1.60. The Morgan fingerprint density at radius 3 is 2.83 bits per heavy atom. The first kappa shape index (κ1) is 7.47. The van der Waals surface area contributed by atoms with Crippen molar-refractivity contribution in [1.29, 1.82) is 0 Å². The molecule has 0 amide bonds. The number of allylic oxidation sites excluding steroid dienone is 2. The molecule has 1 saturated carbocycles. The van der Waals surface area contributed by atoms with Crippen molar-refractivity contribution in [2.45, 2.75) is 18.9 Å². The smallest absolute Gasteiger partial charge is 0.0372 e. The van der Waals surface area contributed by atoms with Gasteiger partial charge in [0.15, 0.2) is 0 Å². The largest absolute Gasteiger partial charge is 0.388 e. The Morgan fingerprint density at radius 2 is 2.33 bits per heavy atom. The lowest BCUT2D eigenvalue weighted by atomic mass is 10.2. The molecular weight excluding hydrogens is 148 g/mol. The van der Waals surface area contributed by atoms with E-state index in [0.717, 1.165) is 17.4 Å². The highest BCUT2D eigenvalue weighted by atomic mass is 15.2. The lowest BCUT2D eigenvalue weighted by molar-refractivity contribution is 0.464. The summed E-state index contributed by atoms with van der Waals surface area (Å²) < 4.78 is 0. The highest BCUT2D eigenvalue weighted by Crippen LogP contribution is 2.31. The molecule has 1 heterocycles. The normalized spacial score (nSPS) is 22.6. The third kappa shape index (κ3) is 1.24. The summed E-state index contributed by atoms with van der Waals surface area (Å²) in [4.78, 5) is 2.25. The van der Waals surface area contributed by atoms with E-state index in [1.165, 1.54) is 12.8 Å². The third-order valence-corrected chi connectivity index (χ3v) is 2.30. The van der Waals surface area contributed by atoms with Crippen LogP contribution in [0.3, 0.4) is 0 Å². The van der Waals surface area contributed by atoms with Gasteiger partial charge in [-0.05, 0) is 25.0 Å². The van der Waals surface area contributed by atoms with Crippen molar-refractivity contribution < 1.29 is 0 Å². The summed E-state index contributed by atoms with van der Waals surface area (Å²) in [5.74, 6) is 0. The Bertz CT molecular complexity index is 259. The number of hydrogen-bond acceptors (Lipinski definition) is 2. The van der Waals surface area contributed by atoms with Crippen LogP contribution in [-0.2, 0) is 0 Å². The van der Waals surface area contributed by atoms with Gasteiger partial charge in [-0.2, -0.15) is 0 Å². The lowest BCUT2D eigenvalue weighted by Gasteiger charge is -2.24. The van der Waals surface area contributed by atoms with Crippen molar-refractivity contribution in [2.24, 2.45) is 0 Å². The quantitative estimate of drug-likeness (QED) is 0.663. The maximum absolute atomic E-state index is 4.01. The maximum atomic E-state index is 4.01. The van der Waals surface area contributed by atoms with Gasteiger partial charge in [0.1, 0.15) is 0 Å². The fraction of sp³-hybridized carbons (Fsp3) is 0.400. The molecule has 0 aromatic heterocycles. The summed E-state index contributed by atoms with van der Waals surface area (Å²) in [6.45, 7) is 4.01. The Balaban J connectivity index is 2.10. The first-order valence-corrected chi connectivity index (χ1v) is 4.36. The zero-order valence-corrected chi connectivity index (χ0v) is 7.38. The number of nitrogens with one attached hydrogen (secondary N) is 1. The molecule has 1 fully saturated rings. The number of rotatable bonds is 2. The molecule has 1 N–H and O–H groups in total. The molecule has 2 rings (SSSR count). The first-order valence-electron chi connectivity index (χ1n) is 4.36. The molecule has 0 aromatic carbocycles. The molecule has 0 bridgehead atoms. The van der Waals surface area contributed by atoms with Gasteiger partial charge >= 0.3 is 0 Å². The monoisotopic (exact) mass is 162 g/mol. The van der Waals surface area contributed by atoms with Gasteiger partial charge in [-0.3, -0.25) is 0 Å². The summed E-state index contributed by atoms with van der Waals surface area (Å²) in [6.07, 6.45) is 8.91. The van der Waals surface area contributed by atoms with Gasteiger partial charge in [0.2, 0.25) is 0 Å². The van der Waals surface area contributed by atoms with Crippen LogP contribution in [0.15, 0.2) is 36.3 Å². The van der Waals surface area contributed by atoms with E-state index >= 15 is 0 Å². The van der Waals surface area contributed by atoms with E-state index < -0.39 is 0 Å². The molecule has 0 radical (unpaired) electrons. The van der Waals surface area contributed by atoms with Gasteiger partial charge in [0, 0.05) is 30.7 Å². The molecule has 0 spiro atoms. The molecular formula is C10H14N2. The van der Waals surface area contributed by atoms with Crippen LogP contribution >= 0.6 is 0 Å². The molecule has 0 atom stereocenters. The van der Waals surface area contributed by atoms with Crippen molar-refractivity contribution >= 4 is 0 Å². The van der Waals surface area contributed by atoms with E-state index in [1.54, 1.807) is 0 Å². The van der Waals surface area contributed by atoms with E-state index in [-0.39, 0.29) is 0 Å². The summed E-state index contributed by atoms with van der Waals surface area (Å²) in [5.41, 5.74) is 2.24.